The minimum Gasteiger partial charge on any atom is -0.444 e. The standard InChI is InChI=1S/C25H36N4O3/c1-6-31-18-21-9-7-20(8-10-21)17-28-23(26-5)27-16-15-19-11-13-22(14-12-19)29-24(30)32-25(2,3)4/h7-14H,6,15-18H2,1-5H3,(H,29,30)(H2,26,27,28). The number of amides is 1. The van der Waals surface area contributed by atoms with E-state index in [9.17, 15) is 4.79 Å². The number of carbonyl (C=O) groups excluding carboxylic acids is 1. The van der Waals surface area contributed by atoms with Crippen LogP contribution in [-0.4, -0.2) is 37.9 Å². The van der Waals surface area contributed by atoms with Crippen LogP contribution >= 0.6 is 0 Å². The maximum atomic E-state index is 11.8. The molecule has 0 heterocycles. The molecule has 0 aromatic heterocycles. The summed E-state index contributed by atoms with van der Waals surface area (Å²) in [5.41, 5.74) is 3.70. The fraction of sp³-hybridized carbons (Fsp3) is 0.440. The van der Waals surface area contributed by atoms with E-state index in [1.54, 1.807) is 7.05 Å². The van der Waals surface area contributed by atoms with Gasteiger partial charge < -0.3 is 20.1 Å². The van der Waals surface area contributed by atoms with Crippen LogP contribution in [0.15, 0.2) is 53.5 Å². The average molecular weight is 441 g/mol. The van der Waals surface area contributed by atoms with E-state index in [0.717, 1.165) is 31.1 Å². The van der Waals surface area contributed by atoms with Gasteiger partial charge in [0.05, 0.1) is 6.61 Å². The number of aliphatic imine (C=N–C) groups is 1. The highest BCUT2D eigenvalue weighted by molar-refractivity contribution is 5.84. The van der Waals surface area contributed by atoms with Gasteiger partial charge in [-0.25, -0.2) is 4.79 Å². The molecule has 0 fully saturated rings. The smallest absolute Gasteiger partial charge is 0.412 e. The second-order valence-corrected chi connectivity index (χ2v) is 8.38. The number of anilines is 1. The van der Waals surface area contributed by atoms with E-state index in [4.69, 9.17) is 9.47 Å². The van der Waals surface area contributed by atoms with Crippen molar-refractivity contribution in [2.24, 2.45) is 4.99 Å². The summed E-state index contributed by atoms with van der Waals surface area (Å²) in [6.45, 7) is 10.3. The molecule has 1 amide bonds. The first kappa shape index (κ1) is 25.2. The highest BCUT2D eigenvalue weighted by Gasteiger charge is 2.16. The summed E-state index contributed by atoms with van der Waals surface area (Å²) in [6, 6.07) is 16.1. The van der Waals surface area contributed by atoms with Crippen molar-refractivity contribution in [2.75, 3.05) is 25.5 Å². The molecular weight excluding hydrogens is 404 g/mol. The number of guanidine groups is 1. The summed E-state index contributed by atoms with van der Waals surface area (Å²) < 4.78 is 10.7. The summed E-state index contributed by atoms with van der Waals surface area (Å²) in [5.74, 6) is 0.756. The molecule has 7 heteroatoms. The van der Waals surface area contributed by atoms with Crippen LogP contribution in [0.4, 0.5) is 10.5 Å². The molecule has 0 aliphatic rings. The largest absolute Gasteiger partial charge is 0.444 e. The maximum absolute atomic E-state index is 11.8. The number of rotatable bonds is 9. The quantitative estimate of drug-likeness (QED) is 0.396. The summed E-state index contributed by atoms with van der Waals surface area (Å²) in [7, 11) is 1.76. The number of benzene rings is 2. The number of carbonyl (C=O) groups is 1. The monoisotopic (exact) mass is 440 g/mol. The molecule has 0 saturated carbocycles. The molecule has 0 spiro atoms. The van der Waals surface area contributed by atoms with Crippen molar-refractivity contribution < 1.29 is 14.3 Å². The Morgan fingerprint density at radius 2 is 1.56 bits per heavy atom. The Kier molecular flexibility index (Phi) is 10.0. The molecule has 2 aromatic rings. The topological polar surface area (TPSA) is 84.0 Å². The number of ether oxygens (including phenoxy) is 2. The Bertz CT molecular complexity index is 856. The third kappa shape index (κ3) is 9.83. The lowest BCUT2D eigenvalue weighted by atomic mass is 10.1. The van der Waals surface area contributed by atoms with Crippen LogP contribution in [0.25, 0.3) is 0 Å². The number of hydrogen-bond acceptors (Lipinski definition) is 4. The molecule has 32 heavy (non-hydrogen) atoms. The molecule has 0 radical (unpaired) electrons. The molecule has 2 aromatic carbocycles. The van der Waals surface area contributed by atoms with Gasteiger partial charge in [0.1, 0.15) is 5.60 Å². The van der Waals surface area contributed by atoms with Crippen LogP contribution in [0.3, 0.4) is 0 Å². The summed E-state index contributed by atoms with van der Waals surface area (Å²) >= 11 is 0. The number of nitrogens with one attached hydrogen (secondary N) is 3. The normalized spacial score (nSPS) is 11.7. The lowest BCUT2D eigenvalue weighted by Gasteiger charge is -2.19. The Morgan fingerprint density at radius 3 is 2.16 bits per heavy atom. The Balaban J connectivity index is 1.72. The van der Waals surface area contributed by atoms with Crippen molar-refractivity contribution in [2.45, 2.75) is 52.9 Å². The van der Waals surface area contributed by atoms with Gasteiger partial charge in [-0.3, -0.25) is 10.3 Å². The Morgan fingerprint density at radius 1 is 0.938 bits per heavy atom. The van der Waals surface area contributed by atoms with E-state index >= 15 is 0 Å². The second-order valence-electron chi connectivity index (χ2n) is 8.38. The minimum absolute atomic E-state index is 0.453. The molecule has 3 N–H and O–H groups in total. The predicted molar refractivity (Wildman–Crippen MR) is 130 cm³/mol. The summed E-state index contributed by atoms with van der Waals surface area (Å²) in [6.07, 6.45) is 0.380. The molecule has 7 nitrogen and oxygen atoms in total. The zero-order valence-electron chi connectivity index (χ0n) is 19.8. The molecule has 0 atom stereocenters. The van der Waals surface area contributed by atoms with E-state index in [-0.39, 0.29) is 0 Å². The van der Waals surface area contributed by atoms with Crippen molar-refractivity contribution in [3.8, 4) is 0 Å². The fourth-order valence-corrected chi connectivity index (χ4v) is 2.88. The molecule has 0 aliphatic heterocycles. The first-order chi connectivity index (χ1) is 15.3. The molecular formula is C25H36N4O3. The van der Waals surface area contributed by atoms with Crippen LogP contribution in [0.2, 0.25) is 0 Å². The van der Waals surface area contributed by atoms with E-state index in [2.05, 4.69) is 45.2 Å². The third-order valence-corrected chi connectivity index (χ3v) is 4.48. The zero-order chi connectivity index (χ0) is 23.4. The molecule has 0 unspecified atom stereocenters. The van der Waals surface area contributed by atoms with Crippen LogP contribution < -0.4 is 16.0 Å². The SMILES string of the molecule is CCOCc1ccc(CNC(=NC)NCCc2ccc(NC(=O)OC(C)(C)C)cc2)cc1. The van der Waals surface area contributed by atoms with Gasteiger partial charge in [-0.1, -0.05) is 36.4 Å². The highest BCUT2D eigenvalue weighted by atomic mass is 16.6. The zero-order valence-corrected chi connectivity index (χ0v) is 19.8. The van der Waals surface area contributed by atoms with Gasteiger partial charge in [0, 0.05) is 32.4 Å². The lowest BCUT2D eigenvalue weighted by molar-refractivity contribution is 0.0636. The molecule has 174 valence electrons. The first-order valence-electron chi connectivity index (χ1n) is 11.0. The highest BCUT2D eigenvalue weighted by Crippen LogP contribution is 2.13. The van der Waals surface area contributed by atoms with Crippen molar-refractivity contribution in [3.05, 3.63) is 65.2 Å². The fourth-order valence-electron chi connectivity index (χ4n) is 2.88. The summed E-state index contributed by atoms with van der Waals surface area (Å²) in [5, 5.41) is 9.40. The van der Waals surface area contributed by atoms with Gasteiger partial charge >= 0.3 is 6.09 Å². The number of hydrogen-bond donors (Lipinski definition) is 3. The average Bonchev–Trinajstić information content (AvgIpc) is 2.75. The maximum Gasteiger partial charge on any atom is 0.412 e. The van der Waals surface area contributed by atoms with Gasteiger partial charge in [-0.05, 0) is 62.9 Å². The second kappa shape index (κ2) is 12.7. The van der Waals surface area contributed by atoms with Gasteiger partial charge in [-0.15, -0.1) is 0 Å². The van der Waals surface area contributed by atoms with E-state index in [1.807, 2.05) is 52.0 Å². The van der Waals surface area contributed by atoms with Crippen molar-refractivity contribution in [1.82, 2.24) is 10.6 Å². The predicted octanol–water partition coefficient (Wildman–Crippen LogP) is 4.48. The van der Waals surface area contributed by atoms with Crippen LogP contribution in [0.1, 0.15) is 44.4 Å². The molecule has 0 bridgehead atoms. The van der Waals surface area contributed by atoms with Gasteiger partial charge in [0.25, 0.3) is 0 Å². The van der Waals surface area contributed by atoms with Crippen LogP contribution in [0, 0.1) is 0 Å². The number of nitrogens with zero attached hydrogens (tertiary/aromatic N) is 1. The lowest BCUT2D eigenvalue weighted by Crippen LogP contribution is -2.37. The van der Waals surface area contributed by atoms with Gasteiger partial charge in [0.2, 0.25) is 0 Å². The van der Waals surface area contributed by atoms with Gasteiger partial charge in [0.15, 0.2) is 5.96 Å². The van der Waals surface area contributed by atoms with Crippen molar-refractivity contribution >= 4 is 17.7 Å². The van der Waals surface area contributed by atoms with E-state index in [1.165, 1.54) is 11.1 Å². The minimum atomic E-state index is -0.519. The third-order valence-electron chi connectivity index (χ3n) is 4.48. The molecule has 0 aliphatic carbocycles. The first-order valence-corrected chi connectivity index (χ1v) is 11.0. The Hall–Kier alpha value is -3.06. The van der Waals surface area contributed by atoms with Gasteiger partial charge in [-0.2, -0.15) is 0 Å². The van der Waals surface area contributed by atoms with Crippen molar-refractivity contribution in [1.29, 1.82) is 0 Å². The van der Waals surface area contributed by atoms with Crippen LogP contribution in [-0.2, 0) is 29.0 Å². The summed E-state index contributed by atoms with van der Waals surface area (Å²) in [4.78, 5) is 16.1. The Labute approximate surface area is 191 Å². The van der Waals surface area contributed by atoms with Crippen LogP contribution in [0.5, 0.6) is 0 Å². The van der Waals surface area contributed by atoms with E-state index in [0.29, 0.717) is 18.8 Å². The molecule has 0 saturated heterocycles. The molecule has 2 rings (SSSR count). The van der Waals surface area contributed by atoms with E-state index < -0.39 is 11.7 Å². The van der Waals surface area contributed by atoms with Crippen molar-refractivity contribution in [3.63, 3.8) is 0 Å².